The Kier molecular flexibility index (Phi) is 7.78. The molecule has 2 heterocycles. The SMILES string of the molecule is CCN(CCNC(=NC)NC1CCN(c2ncccc2Cl)C1)C(C)C. The first-order valence-electron chi connectivity index (χ1n) is 9.11. The molecule has 6 nitrogen and oxygen atoms in total. The molecule has 0 amide bonds. The van der Waals surface area contributed by atoms with Crippen LogP contribution in [0, 0.1) is 0 Å². The number of nitrogens with zero attached hydrogens (tertiary/aromatic N) is 4. The van der Waals surface area contributed by atoms with Gasteiger partial charge in [0.05, 0.1) is 5.02 Å². The molecule has 0 bridgehead atoms. The van der Waals surface area contributed by atoms with Crippen LogP contribution in [0.2, 0.25) is 5.02 Å². The lowest BCUT2D eigenvalue weighted by atomic mass is 10.3. The van der Waals surface area contributed by atoms with E-state index in [1.54, 1.807) is 6.20 Å². The number of halogens is 1. The number of rotatable bonds is 7. The number of guanidine groups is 1. The van der Waals surface area contributed by atoms with Gasteiger partial charge < -0.3 is 15.5 Å². The minimum atomic E-state index is 0.344. The first-order valence-corrected chi connectivity index (χ1v) is 9.49. The van der Waals surface area contributed by atoms with Crippen molar-refractivity contribution in [2.45, 2.75) is 39.3 Å². The highest BCUT2D eigenvalue weighted by Gasteiger charge is 2.25. The predicted octanol–water partition coefficient (Wildman–Crippen LogP) is 2.21. The quantitative estimate of drug-likeness (QED) is 0.572. The fourth-order valence-corrected chi connectivity index (χ4v) is 3.41. The average Bonchev–Trinajstić information content (AvgIpc) is 3.06. The number of nitrogens with one attached hydrogen (secondary N) is 2. The average molecular weight is 367 g/mol. The molecule has 0 spiro atoms. The third-order valence-corrected chi connectivity index (χ3v) is 4.91. The number of aliphatic imine (C=N–C) groups is 1. The summed E-state index contributed by atoms with van der Waals surface area (Å²) in [6, 6.07) is 4.66. The van der Waals surface area contributed by atoms with E-state index in [0.717, 1.165) is 50.9 Å². The van der Waals surface area contributed by atoms with E-state index >= 15 is 0 Å². The zero-order chi connectivity index (χ0) is 18.2. The molecular weight excluding hydrogens is 336 g/mol. The van der Waals surface area contributed by atoms with Crippen LogP contribution in [-0.2, 0) is 0 Å². The lowest BCUT2D eigenvalue weighted by Crippen LogP contribution is -2.47. The Bertz CT molecular complexity index is 562. The molecule has 0 saturated carbocycles. The highest BCUT2D eigenvalue weighted by Crippen LogP contribution is 2.25. The van der Waals surface area contributed by atoms with E-state index in [1.807, 2.05) is 19.2 Å². The number of pyridine rings is 1. The summed E-state index contributed by atoms with van der Waals surface area (Å²) in [4.78, 5) is 13.4. The van der Waals surface area contributed by atoms with Gasteiger partial charge in [-0.15, -0.1) is 0 Å². The van der Waals surface area contributed by atoms with Crippen molar-refractivity contribution in [2.24, 2.45) is 4.99 Å². The standard InChI is InChI=1S/C18H31ClN6/c1-5-24(14(2)3)12-10-22-18(20-4)23-15-8-11-25(13-15)17-16(19)7-6-9-21-17/h6-7,9,14-15H,5,8,10-13H2,1-4H3,(H2,20,22,23). The van der Waals surface area contributed by atoms with Crippen molar-refractivity contribution < 1.29 is 0 Å². The molecule has 2 N–H and O–H groups in total. The summed E-state index contributed by atoms with van der Waals surface area (Å²) in [6.45, 7) is 11.4. The molecule has 0 aromatic carbocycles. The maximum Gasteiger partial charge on any atom is 0.191 e. The zero-order valence-corrected chi connectivity index (χ0v) is 16.6. The highest BCUT2D eigenvalue weighted by molar-refractivity contribution is 6.32. The molecule has 0 radical (unpaired) electrons. The fraction of sp³-hybridized carbons (Fsp3) is 0.667. The van der Waals surface area contributed by atoms with Crippen LogP contribution < -0.4 is 15.5 Å². The number of hydrogen-bond donors (Lipinski definition) is 2. The molecule has 1 saturated heterocycles. The van der Waals surface area contributed by atoms with Gasteiger partial charge in [0, 0.05) is 51.5 Å². The molecule has 1 aromatic heterocycles. The minimum Gasteiger partial charge on any atom is -0.355 e. The second kappa shape index (κ2) is 9.82. The summed E-state index contributed by atoms with van der Waals surface area (Å²) < 4.78 is 0. The van der Waals surface area contributed by atoms with Crippen LogP contribution in [0.15, 0.2) is 23.3 Å². The summed E-state index contributed by atoms with van der Waals surface area (Å²) in [5.41, 5.74) is 0. The predicted molar refractivity (Wildman–Crippen MR) is 107 cm³/mol. The Labute approximate surface area is 156 Å². The Hall–Kier alpha value is -1.53. The third kappa shape index (κ3) is 5.75. The van der Waals surface area contributed by atoms with Gasteiger partial charge in [0.2, 0.25) is 0 Å². The zero-order valence-electron chi connectivity index (χ0n) is 15.8. The van der Waals surface area contributed by atoms with Crippen molar-refractivity contribution in [3.8, 4) is 0 Å². The first kappa shape index (κ1) is 19.8. The summed E-state index contributed by atoms with van der Waals surface area (Å²) >= 11 is 6.26. The van der Waals surface area contributed by atoms with Crippen LogP contribution in [0.25, 0.3) is 0 Å². The normalized spacial score (nSPS) is 18.3. The molecule has 25 heavy (non-hydrogen) atoms. The van der Waals surface area contributed by atoms with Crippen molar-refractivity contribution >= 4 is 23.4 Å². The van der Waals surface area contributed by atoms with Crippen molar-refractivity contribution in [1.29, 1.82) is 0 Å². The van der Waals surface area contributed by atoms with Crippen molar-refractivity contribution in [3.63, 3.8) is 0 Å². The van der Waals surface area contributed by atoms with Crippen LogP contribution >= 0.6 is 11.6 Å². The summed E-state index contributed by atoms with van der Waals surface area (Å²) in [6.07, 6.45) is 2.83. The summed E-state index contributed by atoms with van der Waals surface area (Å²) in [7, 11) is 1.82. The number of hydrogen-bond acceptors (Lipinski definition) is 4. The van der Waals surface area contributed by atoms with Gasteiger partial charge in [-0.05, 0) is 38.9 Å². The number of anilines is 1. The Morgan fingerprint density at radius 3 is 2.96 bits per heavy atom. The van der Waals surface area contributed by atoms with E-state index in [9.17, 15) is 0 Å². The van der Waals surface area contributed by atoms with Gasteiger partial charge in [0.1, 0.15) is 5.82 Å². The van der Waals surface area contributed by atoms with Crippen molar-refractivity contribution in [2.75, 3.05) is 44.7 Å². The molecular formula is C18H31ClN6. The van der Waals surface area contributed by atoms with E-state index in [2.05, 4.69) is 51.2 Å². The van der Waals surface area contributed by atoms with Gasteiger partial charge in [-0.3, -0.25) is 9.89 Å². The fourth-order valence-electron chi connectivity index (χ4n) is 3.17. The third-order valence-electron chi connectivity index (χ3n) is 4.62. The van der Waals surface area contributed by atoms with Gasteiger partial charge in [0.15, 0.2) is 5.96 Å². The molecule has 140 valence electrons. The Balaban J connectivity index is 1.80. The van der Waals surface area contributed by atoms with Crippen LogP contribution in [0.4, 0.5) is 5.82 Å². The van der Waals surface area contributed by atoms with Gasteiger partial charge in [0.25, 0.3) is 0 Å². The second-order valence-corrected chi connectivity index (χ2v) is 7.01. The van der Waals surface area contributed by atoms with Crippen LogP contribution in [0.5, 0.6) is 0 Å². The molecule has 1 unspecified atom stereocenters. The summed E-state index contributed by atoms with van der Waals surface area (Å²) in [5, 5.41) is 7.64. The number of aromatic nitrogens is 1. The van der Waals surface area contributed by atoms with E-state index in [4.69, 9.17) is 11.6 Å². The van der Waals surface area contributed by atoms with E-state index < -0.39 is 0 Å². The van der Waals surface area contributed by atoms with Gasteiger partial charge in [-0.25, -0.2) is 4.98 Å². The van der Waals surface area contributed by atoms with Gasteiger partial charge in [-0.1, -0.05) is 18.5 Å². The second-order valence-electron chi connectivity index (χ2n) is 6.61. The molecule has 2 rings (SSSR count). The van der Waals surface area contributed by atoms with Crippen molar-refractivity contribution in [3.05, 3.63) is 23.4 Å². The lowest BCUT2D eigenvalue weighted by molar-refractivity contribution is 0.237. The van der Waals surface area contributed by atoms with Gasteiger partial charge >= 0.3 is 0 Å². The van der Waals surface area contributed by atoms with E-state index in [1.165, 1.54) is 0 Å². The van der Waals surface area contributed by atoms with E-state index in [0.29, 0.717) is 17.1 Å². The van der Waals surface area contributed by atoms with Crippen LogP contribution in [-0.4, -0.2) is 67.7 Å². The largest absolute Gasteiger partial charge is 0.355 e. The van der Waals surface area contributed by atoms with Crippen molar-refractivity contribution in [1.82, 2.24) is 20.5 Å². The van der Waals surface area contributed by atoms with E-state index in [-0.39, 0.29) is 0 Å². The highest BCUT2D eigenvalue weighted by atomic mass is 35.5. The Morgan fingerprint density at radius 1 is 1.52 bits per heavy atom. The molecule has 7 heteroatoms. The smallest absolute Gasteiger partial charge is 0.191 e. The maximum atomic E-state index is 6.26. The molecule has 1 aliphatic heterocycles. The molecule has 0 aliphatic carbocycles. The molecule has 1 fully saturated rings. The Morgan fingerprint density at radius 2 is 2.32 bits per heavy atom. The topological polar surface area (TPSA) is 55.8 Å². The monoisotopic (exact) mass is 366 g/mol. The lowest BCUT2D eigenvalue weighted by Gasteiger charge is -2.25. The number of likely N-dealkylation sites (N-methyl/N-ethyl adjacent to an activating group) is 1. The molecule has 1 atom stereocenters. The minimum absolute atomic E-state index is 0.344. The molecule has 1 aromatic rings. The van der Waals surface area contributed by atoms with Crippen LogP contribution in [0.3, 0.4) is 0 Å². The first-order chi connectivity index (χ1) is 12.0. The van der Waals surface area contributed by atoms with Gasteiger partial charge in [-0.2, -0.15) is 0 Å². The summed E-state index contributed by atoms with van der Waals surface area (Å²) in [5.74, 6) is 1.73. The van der Waals surface area contributed by atoms with Crippen LogP contribution in [0.1, 0.15) is 27.2 Å². The maximum absolute atomic E-state index is 6.26. The molecule has 1 aliphatic rings.